The molecule has 0 aliphatic rings. The minimum Gasteiger partial charge on any atom is -0.480 e. The van der Waals surface area contributed by atoms with Crippen LogP contribution in [0.5, 0.6) is 0 Å². The summed E-state index contributed by atoms with van der Waals surface area (Å²) in [6, 6.07) is 0. The molecular weight excluding hydrogens is 192 g/mol. The summed E-state index contributed by atoms with van der Waals surface area (Å²) in [5.41, 5.74) is 0. The predicted molar refractivity (Wildman–Crippen MR) is 54.4 cm³/mol. The summed E-state index contributed by atoms with van der Waals surface area (Å²) in [6.07, 6.45) is 3.73. The normalized spacial score (nSPS) is 8.85. The Hall–Kier alpha value is -0.280. The molecule has 0 aromatic carbocycles. The van der Waals surface area contributed by atoms with Crippen molar-refractivity contribution in [3.63, 3.8) is 0 Å². The van der Waals surface area contributed by atoms with Gasteiger partial charge in [0.1, 0.15) is 6.61 Å². The molecule has 0 radical (unpaired) electrons. The maximum atomic E-state index is 9.63. The lowest BCUT2D eigenvalue weighted by molar-refractivity contribution is -0.142. The molecule has 3 nitrogen and oxygen atoms in total. The number of halogens is 1. The Morgan fingerprint density at radius 3 is 2.15 bits per heavy atom. The van der Waals surface area contributed by atoms with Gasteiger partial charge in [-0.05, 0) is 13.3 Å². The van der Waals surface area contributed by atoms with E-state index < -0.39 is 5.97 Å². The molecule has 0 fully saturated rings. The largest absolute Gasteiger partial charge is 0.480 e. The van der Waals surface area contributed by atoms with Gasteiger partial charge < -0.3 is 9.84 Å². The quantitative estimate of drug-likeness (QED) is 0.541. The zero-order valence-corrected chi connectivity index (χ0v) is 9.14. The van der Waals surface area contributed by atoms with Gasteiger partial charge in [-0.25, -0.2) is 4.79 Å². The van der Waals surface area contributed by atoms with Crippen molar-refractivity contribution >= 4 is 17.6 Å². The molecule has 13 heavy (non-hydrogen) atoms. The van der Waals surface area contributed by atoms with Crippen LogP contribution in [-0.2, 0) is 9.53 Å². The predicted octanol–water partition coefficient (Wildman–Crippen LogP) is 2.52. The van der Waals surface area contributed by atoms with Crippen molar-refractivity contribution in [2.75, 3.05) is 19.1 Å². The van der Waals surface area contributed by atoms with Crippen molar-refractivity contribution in [2.45, 2.75) is 33.1 Å². The van der Waals surface area contributed by atoms with Crippen molar-refractivity contribution in [2.24, 2.45) is 0 Å². The Morgan fingerprint density at radius 1 is 1.38 bits per heavy atom. The number of carbonyl (C=O) groups is 1. The van der Waals surface area contributed by atoms with Gasteiger partial charge in [0.15, 0.2) is 0 Å². The Bertz CT molecular complexity index is 103. The van der Waals surface area contributed by atoms with Gasteiger partial charge in [0.05, 0.1) is 0 Å². The van der Waals surface area contributed by atoms with Crippen LogP contribution in [0.4, 0.5) is 0 Å². The number of hydrogen-bond donors (Lipinski definition) is 1. The monoisotopic (exact) mass is 210 g/mol. The van der Waals surface area contributed by atoms with Crippen molar-refractivity contribution in [1.29, 1.82) is 0 Å². The Kier molecular flexibility index (Phi) is 16.7. The van der Waals surface area contributed by atoms with E-state index >= 15 is 0 Å². The highest BCUT2D eigenvalue weighted by atomic mass is 35.5. The molecule has 4 heteroatoms. The zero-order chi connectivity index (χ0) is 10.5. The number of hydrogen-bond acceptors (Lipinski definition) is 2. The highest BCUT2D eigenvalue weighted by Crippen LogP contribution is 1.93. The smallest absolute Gasteiger partial charge is 0.329 e. The number of carboxylic acid groups (broad SMARTS) is 1. The van der Waals surface area contributed by atoms with Gasteiger partial charge in [0.2, 0.25) is 0 Å². The molecule has 0 unspecified atom stereocenters. The summed E-state index contributed by atoms with van der Waals surface area (Å²) < 4.78 is 4.50. The second-order valence-electron chi connectivity index (χ2n) is 2.43. The fourth-order valence-corrected chi connectivity index (χ4v) is 0.723. The lowest BCUT2D eigenvalue weighted by Gasteiger charge is -1.90. The summed E-state index contributed by atoms with van der Waals surface area (Å²) in [6.45, 7) is 4.21. The van der Waals surface area contributed by atoms with Gasteiger partial charge in [-0.1, -0.05) is 19.8 Å². The highest BCUT2D eigenvalue weighted by molar-refractivity contribution is 6.17. The molecule has 0 saturated heterocycles. The van der Waals surface area contributed by atoms with E-state index in [1.165, 1.54) is 19.3 Å². The molecule has 0 rings (SSSR count). The molecule has 1 N–H and O–H groups in total. The molecule has 80 valence electrons. The van der Waals surface area contributed by atoms with E-state index in [9.17, 15) is 4.79 Å². The number of carboxylic acids is 1. The summed E-state index contributed by atoms with van der Waals surface area (Å²) in [5, 5.41) is 7.92. The highest BCUT2D eigenvalue weighted by Gasteiger charge is 1.90. The Balaban J connectivity index is 0. The lowest BCUT2D eigenvalue weighted by atomic mass is 10.3. The topological polar surface area (TPSA) is 46.5 Å². The molecule has 0 bridgehead atoms. The van der Waals surface area contributed by atoms with Crippen LogP contribution in [0.3, 0.4) is 0 Å². The second-order valence-corrected chi connectivity index (χ2v) is 2.80. The molecule has 0 aliphatic carbocycles. The molecule has 0 aromatic rings. The van der Waals surface area contributed by atoms with Crippen molar-refractivity contribution in [1.82, 2.24) is 0 Å². The van der Waals surface area contributed by atoms with Crippen molar-refractivity contribution < 1.29 is 14.6 Å². The standard InChI is InChI=1S/C5H11Cl.C4H8O3/c1-2-3-4-5-6;1-2-7-3-4(5)6/h2-5H2,1H3;2-3H2,1H3,(H,5,6). The van der Waals surface area contributed by atoms with E-state index in [1.807, 2.05) is 0 Å². The molecule has 0 saturated carbocycles. The maximum absolute atomic E-state index is 9.63. The van der Waals surface area contributed by atoms with E-state index in [2.05, 4.69) is 11.7 Å². The molecule has 0 heterocycles. The van der Waals surface area contributed by atoms with Crippen molar-refractivity contribution in [3.8, 4) is 0 Å². The van der Waals surface area contributed by atoms with Gasteiger partial charge in [-0.2, -0.15) is 0 Å². The van der Waals surface area contributed by atoms with Crippen LogP contribution in [0, 0.1) is 0 Å². The summed E-state index contributed by atoms with van der Waals surface area (Å²) in [5.74, 6) is -0.0877. The maximum Gasteiger partial charge on any atom is 0.329 e. The fourth-order valence-electron chi connectivity index (χ4n) is 0.534. The van der Waals surface area contributed by atoms with Gasteiger partial charge >= 0.3 is 5.97 Å². The van der Waals surface area contributed by atoms with Crippen LogP contribution in [0.2, 0.25) is 0 Å². The first-order valence-corrected chi connectivity index (χ1v) is 5.07. The van der Waals surface area contributed by atoms with Crippen LogP contribution in [0.25, 0.3) is 0 Å². The van der Waals surface area contributed by atoms with Crippen LogP contribution in [-0.4, -0.2) is 30.2 Å². The van der Waals surface area contributed by atoms with Gasteiger partial charge in [-0.15, -0.1) is 11.6 Å². The fraction of sp³-hybridized carbons (Fsp3) is 0.889. The van der Waals surface area contributed by atoms with Gasteiger partial charge in [0.25, 0.3) is 0 Å². The first-order chi connectivity index (χ1) is 6.18. The number of unbranched alkanes of at least 4 members (excludes halogenated alkanes) is 2. The summed E-state index contributed by atoms with van der Waals surface area (Å²) in [4.78, 5) is 9.63. The Morgan fingerprint density at radius 2 is 2.00 bits per heavy atom. The average molecular weight is 211 g/mol. The van der Waals surface area contributed by atoms with Crippen LogP contribution < -0.4 is 0 Å². The molecular formula is C9H19ClO3. The number of aliphatic carboxylic acids is 1. The Labute approximate surface area is 85.0 Å². The van der Waals surface area contributed by atoms with E-state index in [0.717, 1.165) is 5.88 Å². The zero-order valence-electron chi connectivity index (χ0n) is 8.38. The van der Waals surface area contributed by atoms with E-state index in [4.69, 9.17) is 16.7 Å². The average Bonchev–Trinajstić information content (AvgIpc) is 2.12. The first kappa shape index (κ1) is 15.2. The van der Waals surface area contributed by atoms with E-state index in [0.29, 0.717) is 6.61 Å². The number of rotatable bonds is 6. The first-order valence-electron chi connectivity index (χ1n) is 4.54. The van der Waals surface area contributed by atoms with Crippen molar-refractivity contribution in [3.05, 3.63) is 0 Å². The van der Waals surface area contributed by atoms with Crippen LogP contribution in [0.1, 0.15) is 33.1 Å². The third kappa shape index (κ3) is 24.5. The minimum absolute atomic E-state index is 0.184. The minimum atomic E-state index is -0.915. The molecule has 0 amide bonds. The second kappa shape index (κ2) is 14.3. The third-order valence-corrected chi connectivity index (χ3v) is 1.43. The molecule has 0 spiro atoms. The van der Waals surface area contributed by atoms with Gasteiger partial charge in [0, 0.05) is 12.5 Å². The third-order valence-electron chi connectivity index (χ3n) is 1.17. The van der Waals surface area contributed by atoms with E-state index in [-0.39, 0.29) is 6.61 Å². The number of ether oxygens (including phenoxy) is 1. The van der Waals surface area contributed by atoms with Crippen LogP contribution >= 0.6 is 11.6 Å². The molecule has 0 aromatic heterocycles. The van der Waals surface area contributed by atoms with Crippen LogP contribution in [0.15, 0.2) is 0 Å². The summed E-state index contributed by atoms with van der Waals surface area (Å²) in [7, 11) is 0. The number of alkyl halides is 1. The van der Waals surface area contributed by atoms with E-state index in [1.54, 1.807) is 6.92 Å². The lowest BCUT2D eigenvalue weighted by Crippen LogP contribution is -2.05. The molecule has 0 aliphatic heterocycles. The molecule has 0 atom stereocenters. The van der Waals surface area contributed by atoms with Gasteiger partial charge in [-0.3, -0.25) is 0 Å². The summed E-state index contributed by atoms with van der Waals surface area (Å²) >= 11 is 5.38. The SMILES string of the molecule is CCCCCCl.CCOCC(=O)O.